The maximum Gasteiger partial charge on any atom is 0.335 e. The first-order chi connectivity index (χ1) is 13.1. The van der Waals surface area contributed by atoms with E-state index in [4.69, 9.17) is 0 Å². The van der Waals surface area contributed by atoms with E-state index in [0.29, 0.717) is 5.69 Å². The number of carboxylic acids is 1. The number of fused-ring (bicyclic) bond motifs is 1. The summed E-state index contributed by atoms with van der Waals surface area (Å²) < 4.78 is 0. The van der Waals surface area contributed by atoms with Crippen LogP contribution in [0, 0.1) is 13.8 Å². The maximum atomic E-state index is 11.2. The van der Waals surface area contributed by atoms with Crippen molar-refractivity contribution in [3.05, 3.63) is 64.2 Å². The van der Waals surface area contributed by atoms with Gasteiger partial charge in [-0.15, -0.1) is 0 Å². The summed E-state index contributed by atoms with van der Waals surface area (Å²) in [5, 5.41) is 9.22. The second-order valence-corrected chi connectivity index (χ2v) is 8.02. The fourth-order valence-electron chi connectivity index (χ4n) is 3.98. The lowest BCUT2D eigenvalue weighted by atomic mass is 9.87. The number of benzene rings is 2. The Labute approximate surface area is 167 Å². The van der Waals surface area contributed by atoms with Gasteiger partial charge in [-0.2, -0.15) is 0 Å². The van der Waals surface area contributed by atoms with Crippen LogP contribution in [-0.4, -0.2) is 29.4 Å². The van der Waals surface area contributed by atoms with Gasteiger partial charge in [-0.05, 0) is 88.1 Å². The first-order valence-corrected chi connectivity index (χ1v) is 9.64. The highest BCUT2D eigenvalue weighted by molar-refractivity contribution is 5.92. The molecule has 2 aromatic rings. The summed E-state index contributed by atoms with van der Waals surface area (Å²) in [6, 6.07) is 9.45. The Balaban J connectivity index is 2.04. The zero-order valence-electron chi connectivity index (χ0n) is 17.5. The van der Waals surface area contributed by atoms with E-state index in [1.165, 1.54) is 16.8 Å². The van der Waals surface area contributed by atoms with Crippen LogP contribution in [0.5, 0.6) is 0 Å². The molecular weight excluding hydrogens is 348 g/mol. The van der Waals surface area contributed by atoms with Crippen molar-refractivity contribution in [2.75, 3.05) is 11.4 Å². The van der Waals surface area contributed by atoms with Crippen LogP contribution in [0.1, 0.15) is 60.3 Å². The van der Waals surface area contributed by atoms with Crippen molar-refractivity contribution in [3.8, 4) is 0 Å². The molecule has 1 heterocycles. The minimum atomic E-state index is -0.940. The number of likely N-dealkylation sites (N-methyl/N-ethyl adjacent to an activating group) is 1. The second-order valence-electron chi connectivity index (χ2n) is 8.02. The largest absolute Gasteiger partial charge is 0.478 e. The molecule has 3 rings (SSSR count). The molecule has 0 spiro atoms. The first kappa shape index (κ1) is 19.9. The number of aliphatic imine (C=N–C) groups is 1. The quantitative estimate of drug-likeness (QED) is 0.689. The Morgan fingerprint density at radius 3 is 2.50 bits per heavy atom. The predicted octanol–water partition coefficient (Wildman–Crippen LogP) is 5.77. The number of carboxylic acid groups (broad SMARTS) is 1. The highest BCUT2D eigenvalue weighted by Gasteiger charge is 2.30. The first-order valence-electron chi connectivity index (χ1n) is 9.64. The van der Waals surface area contributed by atoms with Crippen molar-refractivity contribution in [2.45, 2.75) is 47.1 Å². The van der Waals surface area contributed by atoms with Crippen LogP contribution in [0.25, 0.3) is 5.57 Å². The van der Waals surface area contributed by atoms with Gasteiger partial charge in [0.15, 0.2) is 0 Å². The molecule has 1 aliphatic heterocycles. The Morgan fingerprint density at radius 1 is 1.14 bits per heavy atom. The zero-order chi connectivity index (χ0) is 20.6. The van der Waals surface area contributed by atoms with E-state index < -0.39 is 5.97 Å². The second kappa shape index (κ2) is 7.27. The van der Waals surface area contributed by atoms with E-state index in [0.717, 1.165) is 23.2 Å². The molecule has 146 valence electrons. The minimum absolute atomic E-state index is 0.0116. The minimum Gasteiger partial charge on any atom is -0.478 e. The van der Waals surface area contributed by atoms with Crippen molar-refractivity contribution in [3.63, 3.8) is 0 Å². The van der Waals surface area contributed by atoms with Crippen LogP contribution in [0.4, 0.5) is 11.4 Å². The summed E-state index contributed by atoms with van der Waals surface area (Å²) in [7, 11) is 0. The number of rotatable bonds is 4. The molecule has 0 fully saturated rings. The van der Waals surface area contributed by atoms with Crippen molar-refractivity contribution >= 4 is 29.1 Å². The topological polar surface area (TPSA) is 52.9 Å². The maximum absolute atomic E-state index is 11.2. The van der Waals surface area contributed by atoms with E-state index in [1.807, 2.05) is 13.1 Å². The Morgan fingerprint density at radius 2 is 1.86 bits per heavy atom. The molecule has 0 saturated heterocycles. The number of aromatic carboxylic acids is 1. The normalized spacial score (nSPS) is 15.5. The average Bonchev–Trinajstić information content (AvgIpc) is 2.61. The van der Waals surface area contributed by atoms with Crippen molar-refractivity contribution in [1.29, 1.82) is 0 Å². The van der Waals surface area contributed by atoms with Gasteiger partial charge in [0, 0.05) is 24.0 Å². The highest BCUT2D eigenvalue weighted by Crippen LogP contribution is 2.40. The van der Waals surface area contributed by atoms with Crippen molar-refractivity contribution in [1.82, 2.24) is 0 Å². The van der Waals surface area contributed by atoms with Crippen molar-refractivity contribution < 1.29 is 9.90 Å². The van der Waals surface area contributed by atoms with E-state index in [2.05, 4.69) is 62.7 Å². The van der Waals surface area contributed by atoms with E-state index in [9.17, 15) is 9.90 Å². The molecule has 0 saturated carbocycles. The van der Waals surface area contributed by atoms with Gasteiger partial charge in [-0.1, -0.05) is 12.1 Å². The summed E-state index contributed by atoms with van der Waals surface area (Å²) >= 11 is 0. The summed E-state index contributed by atoms with van der Waals surface area (Å²) in [4.78, 5) is 18.3. The summed E-state index contributed by atoms with van der Waals surface area (Å²) in [6.07, 6.45) is 4.16. The Hall–Kier alpha value is -2.88. The molecular formula is C24H28N2O2. The lowest BCUT2D eigenvalue weighted by Gasteiger charge is -2.43. The van der Waals surface area contributed by atoms with Crippen LogP contribution in [0.2, 0.25) is 0 Å². The Kier molecular flexibility index (Phi) is 5.16. The molecule has 4 heteroatoms. The molecule has 4 nitrogen and oxygen atoms in total. The predicted molar refractivity (Wildman–Crippen MR) is 117 cm³/mol. The van der Waals surface area contributed by atoms with Crippen LogP contribution in [0.3, 0.4) is 0 Å². The molecule has 0 unspecified atom stereocenters. The van der Waals surface area contributed by atoms with Crippen LogP contribution >= 0.6 is 0 Å². The van der Waals surface area contributed by atoms with Gasteiger partial charge >= 0.3 is 5.97 Å². The lowest BCUT2D eigenvalue weighted by Crippen LogP contribution is -2.45. The fraction of sp³-hybridized carbons (Fsp3) is 0.333. The van der Waals surface area contributed by atoms with Gasteiger partial charge in [-0.3, -0.25) is 4.99 Å². The SMILES string of the molecule is CCN1c2cc(C)c(C=Nc3cc(C(=O)O)ccc3C)cc2C(C)=CC1(C)C. The summed E-state index contributed by atoms with van der Waals surface area (Å²) in [5.74, 6) is -0.940. The van der Waals surface area contributed by atoms with Crippen LogP contribution < -0.4 is 4.90 Å². The fourth-order valence-corrected chi connectivity index (χ4v) is 3.98. The third kappa shape index (κ3) is 3.59. The number of aryl methyl sites for hydroxylation is 2. The molecule has 0 radical (unpaired) electrons. The van der Waals surface area contributed by atoms with E-state index in [1.54, 1.807) is 18.2 Å². The van der Waals surface area contributed by atoms with Crippen LogP contribution in [-0.2, 0) is 0 Å². The van der Waals surface area contributed by atoms with Gasteiger partial charge in [-0.25, -0.2) is 4.79 Å². The number of hydrogen-bond donors (Lipinski definition) is 1. The molecule has 2 aromatic carbocycles. The average molecular weight is 377 g/mol. The Bertz CT molecular complexity index is 1000. The summed E-state index contributed by atoms with van der Waals surface area (Å²) in [6.45, 7) is 13.8. The van der Waals surface area contributed by atoms with E-state index >= 15 is 0 Å². The molecule has 0 atom stereocenters. The standard InChI is InChI=1S/C24H28N2O2/c1-7-26-22-10-16(3)19(11-20(22)17(4)13-24(26,5)6)14-25-21-12-18(23(27)28)9-8-15(21)2/h8-14H,7H2,1-6H3,(H,27,28). The van der Waals surface area contributed by atoms with Gasteiger partial charge in [0.05, 0.1) is 16.8 Å². The molecule has 0 aliphatic carbocycles. The smallest absolute Gasteiger partial charge is 0.335 e. The molecule has 0 bridgehead atoms. The lowest BCUT2D eigenvalue weighted by molar-refractivity contribution is 0.0697. The van der Waals surface area contributed by atoms with Crippen LogP contribution in [0.15, 0.2) is 41.4 Å². The molecule has 0 amide bonds. The number of anilines is 1. The molecule has 0 aromatic heterocycles. The number of carbonyl (C=O) groups is 1. The zero-order valence-corrected chi connectivity index (χ0v) is 17.5. The van der Waals surface area contributed by atoms with Gasteiger partial charge in [0.25, 0.3) is 0 Å². The molecule has 1 aliphatic rings. The van der Waals surface area contributed by atoms with Crippen molar-refractivity contribution in [2.24, 2.45) is 4.99 Å². The summed E-state index contributed by atoms with van der Waals surface area (Å²) in [5.41, 5.74) is 7.81. The molecule has 1 N–H and O–H groups in total. The monoisotopic (exact) mass is 376 g/mol. The number of allylic oxidation sites excluding steroid dienone is 1. The number of hydrogen-bond acceptors (Lipinski definition) is 3. The van der Waals surface area contributed by atoms with Gasteiger partial charge < -0.3 is 10.0 Å². The van der Waals surface area contributed by atoms with Gasteiger partial charge in [0.2, 0.25) is 0 Å². The van der Waals surface area contributed by atoms with Gasteiger partial charge in [0.1, 0.15) is 0 Å². The third-order valence-corrected chi connectivity index (χ3v) is 5.48. The number of nitrogens with zero attached hydrogens (tertiary/aromatic N) is 2. The molecule has 28 heavy (non-hydrogen) atoms. The van der Waals surface area contributed by atoms with E-state index in [-0.39, 0.29) is 11.1 Å². The third-order valence-electron chi connectivity index (χ3n) is 5.48. The highest BCUT2D eigenvalue weighted by atomic mass is 16.4.